The second kappa shape index (κ2) is 5.19. The van der Waals surface area contributed by atoms with E-state index in [0.717, 1.165) is 16.9 Å². The zero-order chi connectivity index (χ0) is 16.7. The zero-order valence-electron chi connectivity index (χ0n) is 12.7. The van der Waals surface area contributed by atoms with E-state index in [2.05, 4.69) is 17.5 Å². The van der Waals surface area contributed by atoms with Crippen LogP contribution in [-0.4, -0.2) is 0 Å². The molecule has 3 N–H and O–H groups in total. The number of nitriles is 2. The number of rotatable bonds is 1. The summed E-state index contributed by atoms with van der Waals surface area (Å²) in [5.41, 5.74) is 10.2. The highest BCUT2D eigenvalue weighted by Crippen LogP contribution is 2.47. The molecule has 2 aliphatic rings. The number of nitrogens with two attached hydrogens (primary N) is 1. The van der Waals surface area contributed by atoms with E-state index in [1.165, 1.54) is 0 Å². The van der Waals surface area contributed by atoms with Crippen molar-refractivity contribution in [2.24, 2.45) is 5.73 Å². The Morgan fingerprint density at radius 1 is 0.958 bits per heavy atom. The summed E-state index contributed by atoms with van der Waals surface area (Å²) >= 11 is 0. The monoisotopic (exact) mass is 311 g/mol. The minimum absolute atomic E-state index is 0.313. The molecule has 2 aromatic carbocycles. The Balaban J connectivity index is 1.99. The van der Waals surface area contributed by atoms with Gasteiger partial charge in [-0.25, -0.2) is 0 Å². The number of fused-ring (bicyclic) bond motifs is 3. The van der Waals surface area contributed by atoms with Crippen LogP contribution < -0.4 is 16.0 Å². The molecular formula is C19H13N5. The molecule has 0 spiro atoms. The van der Waals surface area contributed by atoms with E-state index in [4.69, 9.17) is 5.73 Å². The summed E-state index contributed by atoms with van der Waals surface area (Å²) in [5, 5.41) is 22.7. The van der Waals surface area contributed by atoms with E-state index in [9.17, 15) is 10.5 Å². The first-order valence-electron chi connectivity index (χ1n) is 7.51. The molecule has 0 amide bonds. The van der Waals surface area contributed by atoms with Crippen molar-refractivity contribution in [3.8, 4) is 12.1 Å². The van der Waals surface area contributed by atoms with E-state index in [1.54, 1.807) is 4.90 Å². The maximum atomic E-state index is 9.73. The standard InChI is InChI=1S/C19H13N5/c20-10-13-16(11-21)24-15-9-5-4-8-14(15)23-19(24)18(22)17(13)12-6-2-1-3-7-12/h1-9,17,23H,22H2. The van der Waals surface area contributed by atoms with Crippen LogP contribution in [0.2, 0.25) is 0 Å². The molecular weight excluding hydrogens is 298 g/mol. The molecule has 24 heavy (non-hydrogen) atoms. The van der Waals surface area contributed by atoms with Crippen molar-refractivity contribution in [2.45, 2.75) is 5.92 Å². The first-order chi connectivity index (χ1) is 11.8. The lowest BCUT2D eigenvalue weighted by Crippen LogP contribution is -2.33. The molecule has 2 aromatic rings. The van der Waals surface area contributed by atoms with Crippen molar-refractivity contribution in [1.29, 1.82) is 10.5 Å². The van der Waals surface area contributed by atoms with Gasteiger partial charge in [-0.05, 0) is 17.7 Å². The highest BCUT2D eigenvalue weighted by Gasteiger charge is 2.39. The second-order valence-corrected chi connectivity index (χ2v) is 5.61. The zero-order valence-corrected chi connectivity index (χ0v) is 12.7. The molecule has 0 bridgehead atoms. The molecule has 0 aliphatic carbocycles. The lowest BCUT2D eigenvalue weighted by Gasteiger charge is -2.31. The average molecular weight is 311 g/mol. The van der Waals surface area contributed by atoms with E-state index < -0.39 is 5.92 Å². The third-order valence-electron chi connectivity index (χ3n) is 4.33. The lowest BCUT2D eigenvalue weighted by atomic mass is 9.85. The molecule has 0 radical (unpaired) electrons. The van der Waals surface area contributed by atoms with Gasteiger partial charge >= 0.3 is 0 Å². The minimum Gasteiger partial charge on any atom is -0.398 e. The second-order valence-electron chi connectivity index (χ2n) is 5.61. The first-order valence-corrected chi connectivity index (χ1v) is 7.51. The van der Waals surface area contributed by atoms with Crippen LogP contribution in [0, 0.1) is 22.7 Å². The van der Waals surface area contributed by atoms with E-state index in [0.29, 0.717) is 22.8 Å². The number of para-hydroxylation sites is 2. The molecule has 0 fully saturated rings. The third-order valence-corrected chi connectivity index (χ3v) is 4.33. The fourth-order valence-corrected chi connectivity index (χ4v) is 3.28. The van der Waals surface area contributed by atoms with Gasteiger partial charge in [0.05, 0.1) is 34.6 Å². The van der Waals surface area contributed by atoms with Crippen LogP contribution in [-0.2, 0) is 0 Å². The smallest absolute Gasteiger partial charge is 0.141 e. The van der Waals surface area contributed by atoms with Gasteiger partial charge in [0, 0.05) is 0 Å². The number of nitrogens with zero attached hydrogens (tertiary/aromatic N) is 3. The third kappa shape index (κ3) is 1.79. The molecule has 114 valence electrons. The maximum Gasteiger partial charge on any atom is 0.141 e. The van der Waals surface area contributed by atoms with Gasteiger partial charge in [0.15, 0.2) is 0 Å². The lowest BCUT2D eigenvalue weighted by molar-refractivity contribution is 0.851. The summed E-state index contributed by atoms with van der Waals surface area (Å²) in [6.07, 6.45) is 0. The molecule has 1 atom stereocenters. The minimum atomic E-state index is -0.432. The summed E-state index contributed by atoms with van der Waals surface area (Å²) in [6.45, 7) is 0. The van der Waals surface area contributed by atoms with Crippen LogP contribution in [0.25, 0.3) is 0 Å². The normalized spacial score (nSPS) is 18.4. The summed E-state index contributed by atoms with van der Waals surface area (Å²) in [5.74, 6) is 0.222. The Kier molecular flexibility index (Phi) is 3.01. The van der Waals surface area contributed by atoms with Gasteiger partial charge in [0.2, 0.25) is 0 Å². The topological polar surface area (TPSA) is 88.9 Å². The predicted molar refractivity (Wildman–Crippen MR) is 91.2 cm³/mol. The van der Waals surface area contributed by atoms with Crippen molar-refractivity contribution in [3.63, 3.8) is 0 Å². The highest BCUT2D eigenvalue weighted by atomic mass is 15.3. The summed E-state index contributed by atoms with van der Waals surface area (Å²) in [4.78, 5) is 1.74. The van der Waals surface area contributed by atoms with Crippen molar-refractivity contribution < 1.29 is 0 Å². The molecule has 2 aliphatic heterocycles. The average Bonchev–Trinajstić information content (AvgIpc) is 3.02. The van der Waals surface area contributed by atoms with Crippen molar-refractivity contribution in [1.82, 2.24) is 0 Å². The van der Waals surface area contributed by atoms with E-state index in [1.807, 2.05) is 54.6 Å². The number of hydrogen-bond acceptors (Lipinski definition) is 5. The van der Waals surface area contributed by atoms with Crippen LogP contribution >= 0.6 is 0 Å². The van der Waals surface area contributed by atoms with E-state index in [-0.39, 0.29) is 0 Å². The number of allylic oxidation sites excluding steroid dienone is 2. The van der Waals surface area contributed by atoms with Crippen molar-refractivity contribution in [2.75, 3.05) is 10.2 Å². The fraction of sp³-hybridized carbons (Fsp3) is 0.0526. The molecule has 4 rings (SSSR count). The van der Waals surface area contributed by atoms with Crippen LogP contribution in [0.1, 0.15) is 11.5 Å². The molecule has 0 aromatic heterocycles. The Bertz CT molecular complexity index is 957. The molecule has 2 heterocycles. The first kappa shape index (κ1) is 13.9. The van der Waals surface area contributed by atoms with Gasteiger partial charge in [-0.2, -0.15) is 10.5 Å². The van der Waals surface area contributed by atoms with Crippen LogP contribution in [0.4, 0.5) is 11.4 Å². The van der Waals surface area contributed by atoms with Crippen LogP contribution in [0.15, 0.2) is 77.4 Å². The Morgan fingerprint density at radius 3 is 2.38 bits per heavy atom. The molecule has 0 saturated carbocycles. The SMILES string of the molecule is N#CC1=C(C#N)N2C(=C(N)C1c1ccccc1)Nc1ccccc12. The van der Waals surface area contributed by atoms with Crippen LogP contribution in [0.3, 0.4) is 0 Å². The van der Waals surface area contributed by atoms with Gasteiger partial charge in [0.1, 0.15) is 17.6 Å². The van der Waals surface area contributed by atoms with E-state index >= 15 is 0 Å². The maximum absolute atomic E-state index is 9.73. The number of benzene rings is 2. The van der Waals surface area contributed by atoms with Crippen molar-refractivity contribution >= 4 is 11.4 Å². The molecule has 5 heteroatoms. The summed E-state index contributed by atoms with van der Waals surface area (Å²) in [7, 11) is 0. The van der Waals surface area contributed by atoms with Crippen LogP contribution in [0.5, 0.6) is 0 Å². The van der Waals surface area contributed by atoms with Gasteiger partial charge in [-0.1, -0.05) is 42.5 Å². The number of hydrogen-bond donors (Lipinski definition) is 2. The Morgan fingerprint density at radius 2 is 1.67 bits per heavy atom. The summed E-state index contributed by atoms with van der Waals surface area (Å²) < 4.78 is 0. The number of nitrogens with one attached hydrogen (secondary N) is 1. The molecule has 1 unspecified atom stereocenters. The molecule has 0 saturated heterocycles. The Hall–Kier alpha value is -3.70. The van der Waals surface area contributed by atoms with Crippen molar-refractivity contribution in [3.05, 3.63) is 82.9 Å². The largest absolute Gasteiger partial charge is 0.398 e. The van der Waals surface area contributed by atoms with Gasteiger partial charge < -0.3 is 11.1 Å². The van der Waals surface area contributed by atoms with Gasteiger partial charge in [-0.3, -0.25) is 4.90 Å². The fourth-order valence-electron chi connectivity index (χ4n) is 3.28. The quantitative estimate of drug-likeness (QED) is 0.844. The molecule has 5 nitrogen and oxygen atoms in total. The van der Waals surface area contributed by atoms with Gasteiger partial charge in [0.25, 0.3) is 0 Å². The summed E-state index contributed by atoms with van der Waals surface area (Å²) in [6, 6.07) is 21.6. The Labute approximate surface area is 139 Å². The predicted octanol–water partition coefficient (Wildman–Crippen LogP) is 3.14. The highest BCUT2D eigenvalue weighted by molar-refractivity contribution is 5.87. The number of anilines is 2. The van der Waals surface area contributed by atoms with Gasteiger partial charge in [-0.15, -0.1) is 0 Å².